The van der Waals surface area contributed by atoms with E-state index in [1.54, 1.807) is 0 Å². The van der Waals surface area contributed by atoms with Crippen molar-refractivity contribution in [3.05, 3.63) is 33.9 Å². The Kier molecular flexibility index (Phi) is 3.22. The molecule has 1 aromatic heterocycles. The molecule has 1 aromatic carbocycles. The first-order valence-corrected chi connectivity index (χ1v) is 8.29. The Morgan fingerprint density at radius 2 is 2.18 bits per heavy atom. The summed E-state index contributed by atoms with van der Waals surface area (Å²) in [5.74, 6) is 0.0212. The van der Waals surface area contributed by atoms with Crippen LogP contribution in [0, 0.1) is 0 Å². The molecular weight excluding hydrogens is 346 g/mol. The molecule has 114 valence electrons. The Bertz CT molecular complexity index is 783. The summed E-state index contributed by atoms with van der Waals surface area (Å²) >= 11 is 3.57. The summed E-state index contributed by atoms with van der Waals surface area (Å²) < 4.78 is 1.04. The van der Waals surface area contributed by atoms with Crippen LogP contribution in [0.25, 0.3) is 10.9 Å². The summed E-state index contributed by atoms with van der Waals surface area (Å²) in [5.41, 5.74) is 3.50. The fourth-order valence-corrected chi connectivity index (χ4v) is 3.88. The molecule has 0 unspecified atom stereocenters. The Labute approximate surface area is 136 Å². The summed E-state index contributed by atoms with van der Waals surface area (Å²) in [6.07, 6.45) is 1.89. The highest BCUT2D eigenvalue weighted by Gasteiger charge is 2.33. The summed E-state index contributed by atoms with van der Waals surface area (Å²) in [6.45, 7) is 1.31. The Hall–Kier alpha value is -1.82. The molecule has 2 aliphatic rings. The zero-order valence-corrected chi connectivity index (χ0v) is 13.6. The second kappa shape index (κ2) is 5.12. The monoisotopic (exact) mass is 361 g/mol. The highest BCUT2D eigenvalue weighted by Crippen LogP contribution is 2.32. The third-order valence-corrected chi connectivity index (χ3v) is 5.23. The number of H-pyrrole nitrogens is 1. The number of rotatable bonds is 1. The van der Waals surface area contributed by atoms with Crippen molar-refractivity contribution in [2.24, 2.45) is 0 Å². The van der Waals surface area contributed by atoms with Gasteiger partial charge in [0.25, 0.3) is 0 Å². The second-order valence-electron chi connectivity index (χ2n) is 5.91. The summed E-state index contributed by atoms with van der Waals surface area (Å²) in [5, 5.41) is 3.93. The van der Waals surface area contributed by atoms with Gasteiger partial charge in [-0.25, -0.2) is 0 Å². The van der Waals surface area contributed by atoms with E-state index in [2.05, 4.69) is 32.3 Å². The average Bonchev–Trinajstić information content (AvgIpc) is 3.11. The van der Waals surface area contributed by atoms with Crippen LogP contribution in [0.15, 0.2) is 22.7 Å². The molecule has 4 rings (SSSR count). The van der Waals surface area contributed by atoms with Crippen molar-refractivity contribution >= 4 is 38.6 Å². The molecule has 5 nitrogen and oxygen atoms in total. The van der Waals surface area contributed by atoms with Crippen LogP contribution in [0.5, 0.6) is 0 Å². The van der Waals surface area contributed by atoms with E-state index in [1.165, 1.54) is 11.3 Å². The van der Waals surface area contributed by atoms with Crippen molar-refractivity contribution < 1.29 is 9.59 Å². The van der Waals surface area contributed by atoms with E-state index < -0.39 is 0 Å². The number of amides is 2. The first-order valence-electron chi connectivity index (χ1n) is 7.49. The lowest BCUT2D eigenvalue weighted by atomic mass is 10.0. The molecule has 0 saturated carbocycles. The topological polar surface area (TPSA) is 65.2 Å². The molecular formula is C16H16BrN3O2. The van der Waals surface area contributed by atoms with Crippen LogP contribution in [0.2, 0.25) is 0 Å². The summed E-state index contributed by atoms with van der Waals surface area (Å²) in [6, 6.07) is 5.77. The Balaban J connectivity index is 1.63. The molecule has 0 spiro atoms. The molecule has 2 aliphatic heterocycles. The van der Waals surface area contributed by atoms with E-state index in [4.69, 9.17) is 0 Å². The SMILES string of the molecule is O=C1CC[C@@H](C(=O)N2CCc3[nH]c4c(Br)cccc4c3C2)N1. The van der Waals surface area contributed by atoms with Crippen LogP contribution >= 0.6 is 15.9 Å². The number of halogens is 1. The number of hydrogen-bond acceptors (Lipinski definition) is 2. The molecule has 2 aromatic rings. The molecule has 1 saturated heterocycles. The van der Waals surface area contributed by atoms with Crippen LogP contribution in [-0.2, 0) is 22.6 Å². The number of nitrogens with one attached hydrogen (secondary N) is 2. The molecule has 22 heavy (non-hydrogen) atoms. The molecule has 1 fully saturated rings. The van der Waals surface area contributed by atoms with Gasteiger partial charge < -0.3 is 15.2 Å². The van der Waals surface area contributed by atoms with Crippen molar-refractivity contribution in [3.8, 4) is 0 Å². The zero-order valence-electron chi connectivity index (χ0n) is 12.0. The Morgan fingerprint density at radius 1 is 1.32 bits per heavy atom. The molecule has 2 amide bonds. The number of fused-ring (bicyclic) bond motifs is 3. The molecule has 0 radical (unpaired) electrons. The van der Waals surface area contributed by atoms with Gasteiger partial charge in [0.1, 0.15) is 6.04 Å². The zero-order chi connectivity index (χ0) is 15.3. The normalized spacial score (nSPS) is 21.0. The maximum absolute atomic E-state index is 12.6. The number of carbonyl (C=O) groups excluding carboxylic acids is 2. The molecule has 0 aliphatic carbocycles. The lowest BCUT2D eigenvalue weighted by Gasteiger charge is -2.29. The molecule has 0 bridgehead atoms. The minimum atomic E-state index is -0.342. The maximum atomic E-state index is 12.6. The summed E-state index contributed by atoms with van der Waals surface area (Å²) in [4.78, 5) is 29.2. The lowest BCUT2D eigenvalue weighted by molar-refractivity contribution is -0.135. The lowest BCUT2D eigenvalue weighted by Crippen LogP contribution is -2.46. The minimum Gasteiger partial charge on any atom is -0.357 e. The standard InChI is InChI=1S/C16H16BrN3O2/c17-11-3-1-2-9-10-8-20(7-6-12(10)19-15(9)11)16(22)13-4-5-14(21)18-13/h1-3,13,19H,4-8H2,(H,18,21)/t13-/m0/s1. The van der Waals surface area contributed by atoms with Gasteiger partial charge in [-0.3, -0.25) is 9.59 Å². The fourth-order valence-electron chi connectivity index (χ4n) is 3.41. The van der Waals surface area contributed by atoms with E-state index >= 15 is 0 Å². The number of aromatic nitrogens is 1. The van der Waals surface area contributed by atoms with Crippen molar-refractivity contribution in [3.63, 3.8) is 0 Å². The predicted molar refractivity (Wildman–Crippen MR) is 86.3 cm³/mol. The number of benzene rings is 1. The van der Waals surface area contributed by atoms with Gasteiger partial charge in [-0.1, -0.05) is 12.1 Å². The first-order chi connectivity index (χ1) is 10.6. The predicted octanol–water partition coefficient (Wildman–Crippen LogP) is 2.09. The van der Waals surface area contributed by atoms with E-state index in [9.17, 15) is 9.59 Å². The maximum Gasteiger partial charge on any atom is 0.245 e. The number of carbonyl (C=O) groups is 2. The smallest absolute Gasteiger partial charge is 0.245 e. The third kappa shape index (κ3) is 2.13. The van der Waals surface area contributed by atoms with Gasteiger partial charge in [0.05, 0.1) is 5.52 Å². The van der Waals surface area contributed by atoms with Gasteiger partial charge in [0.15, 0.2) is 0 Å². The van der Waals surface area contributed by atoms with Crippen molar-refractivity contribution in [2.75, 3.05) is 6.54 Å². The third-order valence-electron chi connectivity index (χ3n) is 4.56. The van der Waals surface area contributed by atoms with Crippen LogP contribution in [0.1, 0.15) is 24.1 Å². The Morgan fingerprint density at radius 3 is 2.95 bits per heavy atom. The van der Waals surface area contributed by atoms with Crippen molar-refractivity contribution in [1.82, 2.24) is 15.2 Å². The molecule has 2 N–H and O–H groups in total. The van der Waals surface area contributed by atoms with Crippen molar-refractivity contribution in [1.29, 1.82) is 0 Å². The second-order valence-corrected chi connectivity index (χ2v) is 6.77. The van der Waals surface area contributed by atoms with Crippen LogP contribution < -0.4 is 5.32 Å². The number of hydrogen-bond donors (Lipinski definition) is 2. The van der Waals surface area contributed by atoms with E-state index in [0.717, 1.165) is 21.8 Å². The van der Waals surface area contributed by atoms with Gasteiger partial charge >= 0.3 is 0 Å². The number of aromatic amines is 1. The van der Waals surface area contributed by atoms with Crippen LogP contribution in [0.4, 0.5) is 0 Å². The number of nitrogens with zero attached hydrogens (tertiary/aromatic N) is 1. The largest absolute Gasteiger partial charge is 0.357 e. The van der Waals surface area contributed by atoms with E-state index in [0.29, 0.717) is 25.9 Å². The quantitative estimate of drug-likeness (QED) is 0.816. The number of para-hydroxylation sites is 1. The van der Waals surface area contributed by atoms with Gasteiger partial charge in [-0.2, -0.15) is 0 Å². The van der Waals surface area contributed by atoms with E-state index in [1.807, 2.05) is 17.0 Å². The van der Waals surface area contributed by atoms with Crippen LogP contribution in [0.3, 0.4) is 0 Å². The van der Waals surface area contributed by atoms with Gasteiger partial charge in [-0.05, 0) is 28.4 Å². The van der Waals surface area contributed by atoms with Gasteiger partial charge in [-0.15, -0.1) is 0 Å². The van der Waals surface area contributed by atoms with Crippen LogP contribution in [-0.4, -0.2) is 34.3 Å². The summed E-state index contributed by atoms with van der Waals surface area (Å²) in [7, 11) is 0. The van der Waals surface area contributed by atoms with Gasteiger partial charge in [0, 0.05) is 47.0 Å². The van der Waals surface area contributed by atoms with Gasteiger partial charge in [0.2, 0.25) is 11.8 Å². The van der Waals surface area contributed by atoms with Crippen molar-refractivity contribution in [2.45, 2.75) is 31.8 Å². The average molecular weight is 362 g/mol. The highest BCUT2D eigenvalue weighted by atomic mass is 79.9. The molecule has 1 atom stereocenters. The highest BCUT2D eigenvalue weighted by molar-refractivity contribution is 9.10. The minimum absolute atomic E-state index is 0.0212. The fraction of sp³-hybridized carbons (Fsp3) is 0.375. The molecule has 3 heterocycles. The van der Waals surface area contributed by atoms with E-state index in [-0.39, 0.29) is 17.9 Å². The first kappa shape index (κ1) is 13.8. The molecule has 6 heteroatoms.